The molecule has 2 aliphatic rings. The maximum absolute atomic E-state index is 12.4. The maximum Gasteiger partial charge on any atom is 0.231 e. The number of nitrogens with one attached hydrogen (secondary N) is 1. The van der Waals surface area contributed by atoms with E-state index in [0.717, 1.165) is 23.5 Å². The van der Waals surface area contributed by atoms with Gasteiger partial charge in [0, 0.05) is 6.42 Å². The van der Waals surface area contributed by atoms with Gasteiger partial charge in [0.25, 0.3) is 0 Å². The molecule has 1 amide bonds. The normalized spacial score (nSPS) is 16.0. The van der Waals surface area contributed by atoms with Gasteiger partial charge < -0.3 is 14.8 Å². The van der Waals surface area contributed by atoms with Crippen molar-refractivity contribution in [3.05, 3.63) is 58.7 Å². The second kappa shape index (κ2) is 7.40. The second-order valence-electron chi connectivity index (χ2n) is 7.21. The third-order valence-electron chi connectivity index (χ3n) is 5.33. The van der Waals surface area contributed by atoms with Crippen LogP contribution in [-0.4, -0.2) is 12.7 Å². The minimum atomic E-state index is 0.0338. The lowest BCUT2D eigenvalue weighted by Gasteiger charge is -2.20. The maximum atomic E-state index is 12.4. The van der Waals surface area contributed by atoms with Crippen molar-refractivity contribution in [3.8, 4) is 11.5 Å². The van der Waals surface area contributed by atoms with Crippen molar-refractivity contribution in [3.63, 3.8) is 0 Å². The molecular weight excluding hydrogens is 326 g/mol. The minimum absolute atomic E-state index is 0.0338. The Labute approximate surface area is 154 Å². The number of hydrogen-bond acceptors (Lipinski definition) is 3. The average molecular weight is 351 g/mol. The Morgan fingerprint density at radius 2 is 1.85 bits per heavy atom. The highest BCUT2D eigenvalue weighted by molar-refractivity contribution is 5.76. The molecule has 1 heterocycles. The summed E-state index contributed by atoms with van der Waals surface area (Å²) in [5, 5.41) is 3.13. The highest BCUT2D eigenvalue weighted by atomic mass is 16.7. The monoisotopic (exact) mass is 351 g/mol. The number of rotatable bonds is 5. The predicted octanol–water partition coefficient (Wildman–Crippen LogP) is 4.10. The van der Waals surface area contributed by atoms with Crippen LogP contribution in [0.4, 0.5) is 0 Å². The van der Waals surface area contributed by atoms with Crippen LogP contribution in [0.25, 0.3) is 0 Å². The summed E-state index contributed by atoms with van der Waals surface area (Å²) in [4.78, 5) is 12.4. The molecule has 0 radical (unpaired) electrons. The van der Waals surface area contributed by atoms with E-state index in [2.05, 4.69) is 30.4 Å². The molecule has 1 N–H and O–H groups in total. The standard InChI is InChI=1S/C22H25NO3/c1-15(18-9-8-17-4-2-3-5-19(17)13-18)23-22(24)11-7-16-6-10-20-21(12-16)26-14-25-20/h6,8-10,12-13,15H,2-5,7,11,14H2,1H3,(H,23,24)/t15-/m0/s1. The number of fused-ring (bicyclic) bond motifs is 2. The molecular formula is C22H25NO3. The number of benzene rings is 2. The van der Waals surface area contributed by atoms with Crippen LogP contribution in [0.1, 0.15) is 54.5 Å². The van der Waals surface area contributed by atoms with E-state index in [-0.39, 0.29) is 18.7 Å². The third-order valence-corrected chi connectivity index (χ3v) is 5.33. The van der Waals surface area contributed by atoms with Gasteiger partial charge in [0.15, 0.2) is 11.5 Å². The van der Waals surface area contributed by atoms with Gasteiger partial charge >= 0.3 is 0 Å². The summed E-state index contributed by atoms with van der Waals surface area (Å²) >= 11 is 0. The molecule has 1 aliphatic heterocycles. The lowest BCUT2D eigenvalue weighted by Crippen LogP contribution is -2.27. The molecule has 1 aliphatic carbocycles. The van der Waals surface area contributed by atoms with E-state index in [1.165, 1.54) is 36.0 Å². The van der Waals surface area contributed by atoms with Gasteiger partial charge in [-0.05, 0) is 73.4 Å². The zero-order valence-corrected chi connectivity index (χ0v) is 15.2. The van der Waals surface area contributed by atoms with E-state index in [1.807, 2.05) is 18.2 Å². The van der Waals surface area contributed by atoms with Gasteiger partial charge in [0.2, 0.25) is 12.7 Å². The molecule has 0 fully saturated rings. The number of carbonyl (C=O) groups is 1. The largest absolute Gasteiger partial charge is 0.454 e. The number of ether oxygens (including phenoxy) is 2. The molecule has 0 bridgehead atoms. The summed E-state index contributed by atoms with van der Waals surface area (Å²) in [6.45, 7) is 2.33. The van der Waals surface area contributed by atoms with E-state index in [4.69, 9.17) is 9.47 Å². The molecule has 0 unspecified atom stereocenters. The van der Waals surface area contributed by atoms with Crippen LogP contribution in [0, 0.1) is 0 Å². The SMILES string of the molecule is C[C@H](NC(=O)CCc1ccc2c(c1)OCO2)c1ccc2c(c1)CCCC2. The molecule has 2 aromatic carbocycles. The molecule has 4 nitrogen and oxygen atoms in total. The van der Waals surface area contributed by atoms with E-state index >= 15 is 0 Å². The van der Waals surface area contributed by atoms with E-state index in [1.54, 1.807) is 0 Å². The topological polar surface area (TPSA) is 47.6 Å². The van der Waals surface area contributed by atoms with Crippen LogP contribution in [0.2, 0.25) is 0 Å². The highest BCUT2D eigenvalue weighted by Gasteiger charge is 2.16. The van der Waals surface area contributed by atoms with Gasteiger partial charge in [-0.15, -0.1) is 0 Å². The zero-order valence-electron chi connectivity index (χ0n) is 15.2. The Bertz CT molecular complexity index is 815. The van der Waals surface area contributed by atoms with Crippen molar-refractivity contribution in [2.45, 2.75) is 51.5 Å². The van der Waals surface area contributed by atoms with E-state index in [0.29, 0.717) is 12.8 Å². The van der Waals surface area contributed by atoms with Crippen molar-refractivity contribution in [2.24, 2.45) is 0 Å². The Morgan fingerprint density at radius 3 is 2.73 bits per heavy atom. The molecule has 0 saturated carbocycles. The number of aryl methyl sites for hydroxylation is 3. The van der Waals surface area contributed by atoms with Gasteiger partial charge in [-0.1, -0.05) is 24.3 Å². The summed E-state index contributed by atoms with van der Waals surface area (Å²) in [5.74, 6) is 1.62. The molecule has 2 aromatic rings. The van der Waals surface area contributed by atoms with Crippen molar-refractivity contribution >= 4 is 5.91 Å². The van der Waals surface area contributed by atoms with Crippen LogP contribution in [0.15, 0.2) is 36.4 Å². The molecule has 1 atom stereocenters. The van der Waals surface area contributed by atoms with Gasteiger partial charge in [0.1, 0.15) is 0 Å². The minimum Gasteiger partial charge on any atom is -0.454 e. The molecule has 0 aromatic heterocycles. The lowest BCUT2D eigenvalue weighted by molar-refractivity contribution is -0.121. The Morgan fingerprint density at radius 1 is 1.04 bits per heavy atom. The van der Waals surface area contributed by atoms with Crippen LogP contribution in [0.3, 0.4) is 0 Å². The van der Waals surface area contributed by atoms with Crippen LogP contribution < -0.4 is 14.8 Å². The quantitative estimate of drug-likeness (QED) is 0.882. The van der Waals surface area contributed by atoms with Crippen molar-refractivity contribution in [1.29, 1.82) is 0 Å². The van der Waals surface area contributed by atoms with Crippen LogP contribution in [0.5, 0.6) is 11.5 Å². The summed E-state index contributed by atoms with van der Waals surface area (Å²) in [6, 6.07) is 12.6. The summed E-state index contributed by atoms with van der Waals surface area (Å²) < 4.78 is 10.7. The van der Waals surface area contributed by atoms with Crippen LogP contribution >= 0.6 is 0 Å². The Balaban J connectivity index is 1.33. The first kappa shape index (κ1) is 17.0. The fourth-order valence-electron chi connectivity index (χ4n) is 3.77. The fourth-order valence-corrected chi connectivity index (χ4v) is 3.77. The average Bonchev–Trinajstić information content (AvgIpc) is 3.13. The first-order valence-electron chi connectivity index (χ1n) is 9.48. The Hall–Kier alpha value is -2.49. The number of hydrogen-bond donors (Lipinski definition) is 1. The first-order chi connectivity index (χ1) is 12.7. The molecule has 4 heteroatoms. The number of amides is 1. The van der Waals surface area contributed by atoms with Gasteiger partial charge in [-0.25, -0.2) is 0 Å². The highest BCUT2D eigenvalue weighted by Crippen LogP contribution is 2.32. The summed E-state index contributed by atoms with van der Waals surface area (Å²) in [7, 11) is 0. The van der Waals surface area contributed by atoms with Gasteiger partial charge in [-0.3, -0.25) is 4.79 Å². The fraction of sp³-hybridized carbons (Fsp3) is 0.409. The first-order valence-corrected chi connectivity index (χ1v) is 9.48. The van der Waals surface area contributed by atoms with Crippen LogP contribution in [-0.2, 0) is 24.1 Å². The van der Waals surface area contributed by atoms with Crippen molar-refractivity contribution < 1.29 is 14.3 Å². The van der Waals surface area contributed by atoms with E-state index < -0.39 is 0 Å². The zero-order chi connectivity index (χ0) is 17.9. The molecule has 0 spiro atoms. The van der Waals surface area contributed by atoms with Gasteiger partial charge in [-0.2, -0.15) is 0 Å². The molecule has 26 heavy (non-hydrogen) atoms. The molecule has 4 rings (SSSR count). The molecule has 136 valence electrons. The summed E-state index contributed by atoms with van der Waals surface area (Å²) in [6.07, 6.45) is 6.07. The Kier molecular flexibility index (Phi) is 4.83. The smallest absolute Gasteiger partial charge is 0.231 e. The third kappa shape index (κ3) is 3.69. The van der Waals surface area contributed by atoms with Crippen molar-refractivity contribution in [1.82, 2.24) is 5.32 Å². The second-order valence-corrected chi connectivity index (χ2v) is 7.21. The van der Waals surface area contributed by atoms with Crippen molar-refractivity contribution in [2.75, 3.05) is 6.79 Å². The van der Waals surface area contributed by atoms with E-state index in [9.17, 15) is 4.79 Å². The predicted molar refractivity (Wildman–Crippen MR) is 101 cm³/mol. The van der Waals surface area contributed by atoms with Gasteiger partial charge in [0.05, 0.1) is 6.04 Å². The lowest BCUT2D eigenvalue weighted by atomic mass is 9.89. The summed E-state index contributed by atoms with van der Waals surface area (Å²) in [5.41, 5.74) is 5.21. The number of carbonyl (C=O) groups excluding carboxylic acids is 1. The molecule has 0 saturated heterocycles.